The van der Waals surface area contributed by atoms with Gasteiger partial charge in [-0.15, -0.1) is 0 Å². The van der Waals surface area contributed by atoms with E-state index in [4.69, 9.17) is 15.0 Å². The van der Waals surface area contributed by atoms with Crippen molar-refractivity contribution in [1.29, 1.82) is 5.26 Å². The number of nitriles is 1. The lowest BCUT2D eigenvalue weighted by Crippen LogP contribution is -2.00. The number of ether oxygens (including phenoxy) is 1. The summed E-state index contributed by atoms with van der Waals surface area (Å²) in [7, 11) is 1.62. The second kappa shape index (κ2) is 7.10. The molecule has 2 heterocycles. The van der Waals surface area contributed by atoms with Crippen LogP contribution in [0.1, 0.15) is 5.56 Å². The number of pyridine rings is 1. The third kappa shape index (κ3) is 3.39. The zero-order valence-electron chi connectivity index (χ0n) is 14.5. The third-order valence-electron chi connectivity index (χ3n) is 4.08. The second-order valence-electron chi connectivity index (χ2n) is 5.82. The molecule has 27 heavy (non-hydrogen) atoms. The highest BCUT2D eigenvalue weighted by atomic mass is 16.5. The molecule has 4 rings (SSSR count). The van der Waals surface area contributed by atoms with Crippen LogP contribution in [0.3, 0.4) is 0 Å². The lowest BCUT2D eigenvalue weighted by Gasteiger charge is -2.11. The number of nitrogens with zero attached hydrogens (tertiary/aromatic N) is 4. The van der Waals surface area contributed by atoms with Crippen LogP contribution < -0.4 is 10.1 Å². The monoisotopic (exact) mass is 353 g/mol. The van der Waals surface area contributed by atoms with Crippen molar-refractivity contribution in [1.82, 2.24) is 15.0 Å². The summed E-state index contributed by atoms with van der Waals surface area (Å²) >= 11 is 0. The number of rotatable bonds is 4. The first-order chi connectivity index (χ1) is 13.3. The first kappa shape index (κ1) is 16.5. The van der Waals surface area contributed by atoms with E-state index in [1.807, 2.05) is 48.5 Å². The first-order valence-electron chi connectivity index (χ1n) is 8.31. The molecule has 130 valence electrons. The fourth-order valence-electron chi connectivity index (χ4n) is 2.71. The predicted molar refractivity (Wildman–Crippen MR) is 104 cm³/mol. The van der Waals surface area contributed by atoms with Crippen LogP contribution in [0.4, 0.5) is 11.5 Å². The van der Waals surface area contributed by atoms with Crippen LogP contribution in [0.2, 0.25) is 0 Å². The summed E-state index contributed by atoms with van der Waals surface area (Å²) in [4.78, 5) is 13.7. The van der Waals surface area contributed by atoms with Crippen LogP contribution in [0.5, 0.6) is 5.75 Å². The summed E-state index contributed by atoms with van der Waals surface area (Å²) in [6.45, 7) is 0. The highest BCUT2D eigenvalue weighted by Gasteiger charge is 2.11. The van der Waals surface area contributed by atoms with E-state index in [1.54, 1.807) is 25.4 Å². The highest BCUT2D eigenvalue weighted by molar-refractivity contribution is 5.90. The van der Waals surface area contributed by atoms with E-state index in [0.717, 1.165) is 22.4 Å². The van der Waals surface area contributed by atoms with E-state index in [2.05, 4.69) is 21.4 Å². The van der Waals surface area contributed by atoms with Gasteiger partial charge in [-0.05, 0) is 48.5 Å². The Kier molecular flexibility index (Phi) is 4.33. The van der Waals surface area contributed by atoms with Crippen molar-refractivity contribution < 1.29 is 4.74 Å². The number of anilines is 2. The Balaban J connectivity index is 1.81. The van der Waals surface area contributed by atoms with Gasteiger partial charge in [0.25, 0.3) is 0 Å². The standard InChI is InChI=1S/C21H15N5O/c1-27-17-5-2-4-15(12-17)19-25-20-18(6-3-11-23-20)21(26-19)24-16-9-7-14(13-22)8-10-16/h2-12H,1H3,(H,23,24,25,26). The minimum Gasteiger partial charge on any atom is -0.497 e. The highest BCUT2D eigenvalue weighted by Crippen LogP contribution is 2.28. The van der Waals surface area contributed by atoms with E-state index in [0.29, 0.717) is 22.9 Å². The molecule has 1 N–H and O–H groups in total. The molecular weight excluding hydrogens is 338 g/mol. The van der Waals surface area contributed by atoms with Crippen molar-refractivity contribution >= 4 is 22.5 Å². The number of hydrogen-bond acceptors (Lipinski definition) is 6. The van der Waals surface area contributed by atoms with Crippen LogP contribution >= 0.6 is 0 Å². The molecule has 0 radical (unpaired) electrons. The van der Waals surface area contributed by atoms with E-state index in [-0.39, 0.29) is 0 Å². The molecule has 6 nitrogen and oxygen atoms in total. The molecule has 0 atom stereocenters. The summed E-state index contributed by atoms with van der Waals surface area (Å²) in [6, 6.07) is 20.7. The molecule has 0 aliphatic heterocycles. The van der Waals surface area contributed by atoms with Crippen LogP contribution in [0.15, 0.2) is 66.9 Å². The molecule has 0 saturated heterocycles. The molecule has 0 bridgehead atoms. The number of fused-ring (bicyclic) bond motifs is 1. The van der Waals surface area contributed by atoms with Crippen molar-refractivity contribution in [2.75, 3.05) is 12.4 Å². The Bertz CT molecular complexity index is 1150. The number of nitrogens with one attached hydrogen (secondary N) is 1. The van der Waals surface area contributed by atoms with Gasteiger partial charge in [-0.1, -0.05) is 12.1 Å². The first-order valence-corrected chi connectivity index (χ1v) is 8.31. The average Bonchev–Trinajstić information content (AvgIpc) is 2.74. The fraction of sp³-hybridized carbons (Fsp3) is 0.0476. The van der Waals surface area contributed by atoms with Gasteiger partial charge >= 0.3 is 0 Å². The molecule has 0 saturated carbocycles. The minimum atomic E-state index is 0.552. The average molecular weight is 353 g/mol. The lowest BCUT2D eigenvalue weighted by molar-refractivity contribution is 0.415. The SMILES string of the molecule is COc1cccc(-c2nc(Nc3ccc(C#N)cc3)c3cccnc3n2)c1. The van der Waals surface area contributed by atoms with E-state index >= 15 is 0 Å². The summed E-state index contributed by atoms with van der Waals surface area (Å²) in [5, 5.41) is 13.1. The van der Waals surface area contributed by atoms with Gasteiger partial charge in [0.1, 0.15) is 11.6 Å². The second-order valence-corrected chi connectivity index (χ2v) is 5.82. The third-order valence-corrected chi connectivity index (χ3v) is 4.08. The van der Waals surface area contributed by atoms with Crippen LogP contribution in [0, 0.1) is 11.3 Å². The van der Waals surface area contributed by atoms with Crippen molar-refractivity contribution in [3.8, 4) is 23.2 Å². The molecule has 0 aliphatic carbocycles. The van der Waals surface area contributed by atoms with E-state index in [1.165, 1.54) is 0 Å². The maximum Gasteiger partial charge on any atom is 0.165 e. The van der Waals surface area contributed by atoms with Crippen LogP contribution in [-0.2, 0) is 0 Å². The molecule has 6 heteroatoms. The summed E-state index contributed by atoms with van der Waals surface area (Å²) in [6.07, 6.45) is 1.70. The number of aromatic nitrogens is 3. The summed E-state index contributed by atoms with van der Waals surface area (Å²) < 4.78 is 5.30. The van der Waals surface area contributed by atoms with Gasteiger partial charge < -0.3 is 10.1 Å². The van der Waals surface area contributed by atoms with Crippen LogP contribution in [0.25, 0.3) is 22.4 Å². The van der Waals surface area contributed by atoms with Gasteiger partial charge in [-0.25, -0.2) is 15.0 Å². The zero-order valence-corrected chi connectivity index (χ0v) is 14.5. The Morgan fingerprint density at radius 3 is 2.63 bits per heavy atom. The Morgan fingerprint density at radius 1 is 1.00 bits per heavy atom. The van der Waals surface area contributed by atoms with Gasteiger partial charge in [0, 0.05) is 17.4 Å². The topological polar surface area (TPSA) is 83.7 Å². The van der Waals surface area contributed by atoms with Gasteiger partial charge in [-0.2, -0.15) is 5.26 Å². The smallest absolute Gasteiger partial charge is 0.165 e. The summed E-state index contributed by atoms with van der Waals surface area (Å²) in [5.41, 5.74) is 2.87. The molecular formula is C21H15N5O. The quantitative estimate of drug-likeness (QED) is 0.588. The molecule has 2 aromatic carbocycles. The largest absolute Gasteiger partial charge is 0.497 e. The Morgan fingerprint density at radius 2 is 1.85 bits per heavy atom. The van der Waals surface area contributed by atoms with Gasteiger partial charge in [0.05, 0.1) is 24.1 Å². The predicted octanol–water partition coefficient (Wildman–Crippen LogP) is 4.32. The maximum absolute atomic E-state index is 8.96. The van der Waals surface area contributed by atoms with Gasteiger partial charge in [0.2, 0.25) is 0 Å². The van der Waals surface area contributed by atoms with Crippen molar-refractivity contribution in [2.45, 2.75) is 0 Å². The van der Waals surface area contributed by atoms with Gasteiger partial charge in [0.15, 0.2) is 11.5 Å². The van der Waals surface area contributed by atoms with Gasteiger partial charge in [-0.3, -0.25) is 0 Å². The number of hydrogen-bond donors (Lipinski definition) is 1. The fourth-order valence-corrected chi connectivity index (χ4v) is 2.71. The number of benzene rings is 2. The molecule has 0 unspecified atom stereocenters. The summed E-state index contributed by atoms with van der Waals surface area (Å²) in [5.74, 6) is 1.94. The van der Waals surface area contributed by atoms with E-state index in [9.17, 15) is 0 Å². The number of methoxy groups -OCH3 is 1. The molecule has 0 aliphatic rings. The van der Waals surface area contributed by atoms with Crippen molar-refractivity contribution in [2.24, 2.45) is 0 Å². The molecule has 4 aromatic rings. The minimum absolute atomic E-state index is 0.552. The Labute approximate surface area is 156 Å². The molecule has 2 aromatic heterocycles. The molecule has 0 amide bonds. The van der Waals surface area contributed by atoms with Crippen LogP contribution in [-0.4, -0.2) is 22.1 Å². The Hall–Kier alpha value is -3.98. The lowest BCUT2D eigenvalue weighted by atomic mass is 10.2. The van der Waals surface area contributed by atoms with Crippen molar-refractivity contribution in [3.63, 3.8) is 0 Å². The zero-order chi connectivity index (χ0) is 18.6. The van der Waals surface area contributed by atoms with E-state index < -0.39 is 0 Å². The van der Waals surface area contributed by atoms with Crippen molar-refractivity contribution in [3.05, 3.63) is 72.4 Å². The maximum atomic E-state index is 8.96. The molecule has 0 fully saturated rings. The molecule has 0 spiro atoms. The normalized spacial score (nSPS) is 10.4.